The van der Waals surface area contributed by atoms with Gasteiger partial charge in [0.15, 0.2) is 0 Å². The standard InChI is InChI=1S/C7H13IO/c1-2-3-4-5-7(8)6-9/h6-7H,2-5H2,1H3. The Kier molecular flexibility index (Phi) is 6.81. The Balaban J connectivity index is 2.96. The Hall–Kier alpha value is 0.400. The fourth-order valence-corrected chi connectivity index (χ4v) is 1.10. The van der Waals surface area contributed by atoms with Gasteiger partial charge in [-0.25, -0.2) is 0 Å². The van der Waals surface area contributed by atoms with E-state index in [4.69, 9.17) is 0 Å². The van der Waals surface area contributed by atoms with Crippen LogP contribution in [-0.4, -0.2) is 10.2 Å². The molecule has 54 valence electrons. The fraction of sp³-hybridized carbons (Fsp3) is 0.857. The van der Waals surface area contributed by atoms with E-state index in [0.717, 1.165) is 12.7 Å². The van der Waals surface area contributed by atoms with E-state index in [2.05, 4.69) is 29.5 Å². The molecule has 0 aliphatic heterocycles. The van der Waals surface area contributed by atoms with Crippen LogP contribution in [0.15, 0.2) is 0 Å². The highest BCUT2D eigenvalue weighted by Gasteiger charge is 1.98. The quantitative estimate of drug-likeness (QED) is 0.312. The number of aldehydes is 1. The van der Waals surface area contributed by atoms with Gasteiger partial charge in [0.05, 0.1) is 3.92 Å². The maximum Gasteiger partial charge on any atom is 0.132 e. The number of carbonyl (C=O) groups is 1. The van der Waals surface area contributed by atoms with E-state index in [9.17, 15) is 4.79 Å². The number of hydrogen-bond donors (Lipinski definition) is 0. The Morgan fingerprint density at radius 3 is 2.67 bits per heavy atom. The summed E-state index contributed by atoms with van der Waals surface area (Å²) in [4.78, 5) is 10.1. The zero-order chi connectivity index (χ0) is 7.11. The van der Waals surface area contributed by atoms with Gasteiger partial charge in [-0.1, -0.05) is 48.8 Å². The van der Waals surface area contributed by atoms with Crippen molar-refractivity contribution in [2.75, 3.05) is 0 Å². The number of alkyl halides is 1. The van der Waals surface area contributed by atoms with Crippen LogP contribution in [0, 0.1) is 0 Å². The van der Waals surface area contributed by atoms with Gasteiger partial charge in [-0.15, -0.1) is 0 Å². The van der Waals surface area contributed by atoms with E-state index in [1.807, 2.05) is 0 Å². The molecule has 0 rings (SSSR count). The zero-order valence-electron chi connectivity index (χ0n) is 5.77. The van der Waals surface area contributed by atoms with Crippen LogP contribution >= 0.6 is 22.6 Å². The molecule has 0 spiro atoms. The predicted octanol–water partition coefficient (Wildman–Crippen LogP) is 2.57. The Labute approximate surface area is 70.4 Å². The monoisotopic (exact) mass is 240 g/mol. The van der Waals surface area contributed by atoms with E-state index >= 15 is 0 Å². The van der Waals surface area contributed by atoms with Gasteiger partial charge in [-0.05, 0) is 6.42 Å². The average molecular weight is 240 g/mol. The highest BCUT2D eigenvalue weighted by molar-refractivity contribution is 14.1. The summed E-state index contributed by atoms with van der Waals surface area (Å²) in [5.74, 6) is 0. The Bertz CT molecular complexity index is 73.3. The molecule has 0 aliphatic carbocycles. The first-order valence-electron chi connectivity index (χ1n) is 3.40. The molecule has 0 amide bonds. The summed E-state index contributed by atoms with van der Waals surface area (Å²) in [6.45, 7) is 2.17. The first-order valence-corrected chi connectivity index (χ1v) is 4.65. The average Bonchev–Trinajstić information content (AvgIpc) is 1.89. The van der Waals surface area contributed by atoms with Crippen LogP contribution in [-0.2, 0) is 4.79 Å². The predicted molar refractivity (Wildman–Crippen MR) is 48.0 cm³/mol. The number of halogens is 1. The molecule has 0 fully saturated rings. The molecule has 0 aromatic carbocycles. The third-order valence-electron chi connectivity index (χ3n) is 1.23. The Morgan fingerprint density at radius 1 is 1.56 bits per heavy atom. The topological polar surface area (TPSA) is 17.1 Å². The second-order valence-electron chi connectivity index (χ2n) is 2.15. The van der Waals surface area contributed by atoms with Gasteiger partial charge in [0.25, 0.3) is 0 Å². The van der Waals surface area contributed by atoms with Crippen molar-refractivity contribution in [1.82, 2.24) is 0 Å². The van der Waals surface area contributed by atoms with E-state index < -0.39 is 0 Å². The molecule has 1 unspecified atom stereocenters. The highest BCUT2D eigenvalue weighted by atomic mass is 127. The van der Waals surface area contributed by atoms with Gasteiger partial charge >= 0.3 is 0 Å². The van der Waals surface area contributed by atoms with E-state index in [1.165, 1.54) is 19.3 Å². The molecule has 1 atom stereocenters. The molecule has 0 aliphatic rings. The van der Waals surface area contributed by atoms with Crippen LogP contribution in [0.3, 0.4) is 0 Å². The molecule has 0 aromatic rings. The molecular weight excluding hydrogens is 227 g/mol. The smallest absolute Gasteiger partial charge is 0.132 e. The van der Waals surface area contributed by atoms with E-state index in [1.54, 1.807) is 0 Å². The van der Waals surface area contributed by atoms with Gasteiger partial charge < -0.3 is 4.79 Å². The minimum Gasteiger partial charge on any atom is -0.302 e. The number of rotatable bonds is 5. The molecule has 0 radical (unpaired) electrons. The minimum atomic E-state index is 0.245. The van der Waals surface area contributed by atoms with Crippen molar-refractivity contribution in [3.05, 3.63) is 0 Å². The van der Waals surface area contributed by atoms with Crippen LogP contribution in [0.1, 0.15) is 32.6 Å². The van der Waals surface area contributed by atoms with Crippen molar-refractivity contribution >= 4 is 28.9 Å². The van der Waals surface area contributed by atoms with Crippen molar-refractivity contribution in [2.24, 2.45) is 0 Å². The molecule has 0 bridgehead atoms. The van der Waals surface area contributed by atoms with Crippen molar-refractivity contribution in [3.63, 3.8) is 0 Å². The summed E-state index contributed by atoms with van der Waals surface area (Å²) >= 11 is 2.18. The fourth-order valence-electron chi connectivity index (χ4n) is 0.657. The SMILES string of the molecule is CCCCCC(I)C=O. The van der Waals surface area contributed by atoms with Crippen molar-refractivity contribution in [3.8, 4) is 0 Å². The number of unbranched alkanes of at least 4 members (excludes halogenated alkanes) is 2. The summed E-state index contributed by atoms with van der Waals surface area (Å²) in [5.41, 5.74) is 0. The molecular formula is C7H13IO. The zero-order valence-corrected chi connectivity index (χ0v) is 7.93. The first kappa shape index (κ1) is 9.40. The summed E-state index contributed by atoms with van der Waals surface area (Å²) in [6.07, 6.45) is 5.77. The summed E-state index contributed by atoms with van der Waals surface area (Å²) in [7, 11) is 0. The van der Waals surface area contributed by atoms with Crippen LogP contribution in [0.5, 0.6) is 0 Å². The van der Waals surface area contributed by atoms with E-state index in [-0.39, 0.29) is 3.92 Å². The lowest BCUT2D eigenvalue weighted by molar-refractivity contribution is -0.107. The molecule has 0 aromatic heterocycles. The van der Waals surface area contributed by atoms with Crippen molar-refractivity contribution in [2.45, 2.75) is 36.5 Å². The number of carbonyl (C=O) groups excluding carboxylic acids is 1. The van der Waals surface area contributed by atoms with Gasteiger partial charge in [0.1, 0.15) is 6.29 Å². The minimum absolute atomic E-state index is 0.245. The van der Waals surface area contributed by atoms with Gasteiger partial charge in [0, 0.05) is 0 Å². The van der Waals surface area contributed by atoms with Crippen LogP contribution < -0.4 is 0 Å². The summed E-state index contributed by atoms with van der Waals surface area (Å²) in [6, 6.07) is 0. The molecule has 0 N–H and O–H groups in total. The van der Waals surface area contributed by atoms with Crippen LogP contribution in [0.2, 0.25) is 0 Å². The molecule has 0 saturated carbocycles. The van der Waals surface area contributed by atoms with Gasteiger partial charge in [0.2, 0.25) is 0 Å². The van der Waals surface area contributed by atoms with Crippen LogP contribution in [0.4, 0.5) is 0 Å². The first-order chi connectivity index (χ1) is 4.31. The molecule has 2 heteroatoms. The largest absolute Gasteiger partial charge is 0.302 e. The molecule has 9 heavy (non-hydrogen) atoms. The number of hydrogen-bond acceptors (Lipinski definition) is 1. The van der Waals surface area contributed by atoms with Crippen molar-refractivity contribution in [1.29, 1.82) is 0 Å². The lowest BCUT2D eigenvalue weighted by Crippen LogP contribution is -1.97. The lowest BCUT2D eigenvalue weighted by atomic mass is 10.2. The second kappa shape index (κ2) is 6.52. The lowest BCUT2D eigenvalue weighted by Gasteiger charge is -1.98. The highest BCUT2D eigenvalue weighted by Crippen LogP contribution is 2.08. The maximum absolute atomic E-state index is 10.1. The Morgan fingerprint density at radius 2 is 2.22 bits per heavy atom. The molecule has 1 nitrogen and oxygen atoms in total. The third-order valence-corrected chi connectivity index (χ3v) is 2.15. The summed E-state index contributed by atoms with van der Waals surface area (Å²) < 4.78 is 0.245. The molecule has 0 heterocycles. The van der Waals surface area contributed by atoms with Gasteiger partial charge in [-0.3, -0.25) is 0 Å². The summed E-state index contributed by atoms with van der Waals surface area (Å²) in [5, 5.41) is 0. The normalized spacial score (nSPS) is 13.1. The van der Waals surface area contributed by atoms with Crippen molar-refractivity contribution < 1.29 is 4.79 Å². The van der Waals surface area contributed by atoms with Gasteiger partial charge in [-0.2, -0.15) is 0 Å². The van der Waals surface area contributed by atoms with Crippen LogP contribution in [0.25, 0.3) is 0 Å². The third kappa shape index (κ3) is 6.28. The molecule has 0 saturated heterocycles. The maximum atomic E-state index is 10.1. The second-order valence-corrected chi connectivity index (χ2v) is 3.75. The van der Waals surface area contributed by atoms with E-state index in [0.29, 0.717) is 0 Å².